The average Bonchev–Trinajstić information content (AvgIpc) is 2.62. The first-order chi connectivity index (χ1) is 12.8. The summed E-state index contributed by atoms with van der Waals surface area (Å²) in [5.74, 6) is -0.336. The number of carbonyl (C=O) groups is 1. The first-order valence-corrected chi connectivity index (χ1v) is 8.16. The maximum absolute atomic E-state index is 12.9. The molecule has 0 aliphatic carbocycles. The van der Waals surface area contributed by atoms with E-state index in [1.807, 2.05) is 0 Å². The lowest BCUT2D eigenvalue weighted by atomic mass is 10.1. The zero-order valence-corrected chi connectivity index (χ0v) is 15.0. The molecule has 2 rings (SSSR count). The number of amides is 1. The number of nitrogens with one attached hydrogen (secondary N) is 2. The number of pyridine rings is 1. The van der Waals surface area contributed by atoms with E-state index in [0.29, 0.717) is 5.69 Å². The third kappa shape index (κ3) is 6.30. The Morgan fingerprint density at radius 2 is 2.00 bits per heavy atom. The van der Waals surface area contributed by atoms with Crippen molar-refractivity contribution in [3.8, 4) is 5.75 Å². The number of halogens is 4. The molecule has 0 unspecified atom stereocenters. The molecular weight excluding hydrogens is 387 g/mol. The lowest BCUT2D eigenvalue weighted by Crippen LogP contribution is -2.22. The molecule has 0 saturated heterocycles. The average molecular weight is 404 g/mol. The number of rotatable bonds is 8. The van der Waals surface area contributed by atoms with Crippen LogP contribution >= 0.6 is 11.6 Å². The fourth-order valence-electron chi connectivity index (χ4n) is 2.05. The van der Waals surface area contributed by atoms with Gasteiger partial charge in [-0.15, -0.1) is 0 Å². The van der Waals surface area contributed by atoms with Gasteiger partial charge in [-0.2, -0.15) is 13.2 Å². The van der Waals surface area contributed by atoms with Crippen molar-refractivity contribution < 1.29 is 27.4 Å². The number of nitrogens with zero attached hydrogens (tertiary/aromatic N) is 1. The van der Waals surface area contributed by atoms with Crippen LogP contribution in [0, 0.1) is 0 Å². The minimum atomic E-state index is -4.52. The number of hydrogen-bond donors (Lipinski definition) is 2. The summed E-state index contributed by atoms with van der Waals surface area (Å²) in [6.45, 7) is 0.113. The Kier molecular flexibility index (Phi) is 7.26. The standard InChI is InChI=1S/C17H17ClF3N3O3/c1-26-7-8-27-14-5-4-11(17(19,20)21)9-13(14)23-10-15(25)24-12-3-2-6-22-16(12)18/h2-6,9,23H,7-8,10H2,1H3,(H,24,25). The maximum Gasteiger partial charge on any atom is 0.416 e. The van der Waals surface area contributed by atoms with Gasteiger partial charge < -0.3 is 20.1 Å². The summed E-state index contributed by atoms with van der Waals surface area (Å²) in [6, 6.07) is 6.12. The monoisotopic (exact) mass is 403 g/mol. The maximum atomic E-state index is 12.9. The number of ether oxygens (including phenoxy) is 2. The number of aromatic nitrogens is 1. The molecule has 27 heavy (non-hydrogen) atoms. The van der Waals surface area contributed by atoms with Crippen molar-refractivity contribution >= 4 is 28.9 Å². The summed E-state index contributed by atoms with van der Waals surface area (Å²) >= 11 is 5.85. The third-order valence-corrected chi connectivity index (χ3v) is 3.63. The van der Waals surface area contributed by atoms with Crippen molar-refractivity contribution in [1.82, 2.24) is 4.98 Å². The quantitative estimate of drug-likeness (QED) is 0.517. The van der Waals surface area contributed by atoms with Gasteiger partial charge in [0.1, 0.15) is 12.4 Å². The summed E-state index contributed by atoms with van der Waals surface area (Å²) in [4.78, 5) is 15.9. The smallest absolute Gasteiger partial charge is 0.416 e. The molecule has 0 aliphatic heterocycles. The molecule has 1 aromatic heterocycles. The Bertz CT molecular complexity index is 788. The lowest BCUT2D eigenvalue weighted by Gasteiger charge is -2.16. The zero-order chi connectivity index (χ0) is 19.9. The van der Waals surface area contributed by atoms with Gasteiger partial charge in [0.25, 0.3) is 0 Å². The Morgan fingerprint density at radius 1 is 1.22 bits per heavy atom. The predicted molar refractivity (Wildman–Crippen MR) is 95.2 cm³/mol. The van der Waals surface area contributed by atoms with Gasteiger partial charge in [0.05, 0.1) is 30.1 Å². The molecule has 6 nitrogen and oxygen atoms in total. The SMILES string of the molecule is COCCOc1ccc(C(F)(F)F)cc1NCC(=O)Nc1cccnc1Cl. The van der Waals surface area contributed by atoms with Crippen LogP contribution in [-0.4, -0.2) is 37.8 Å². The summed E-state index contributed by atoms with van der Waals surface area (Å²) < 4.78 is 49.1. The summed E-state index contributed by atoms with van der Waals surface area (Å²) in [5, 5.41) is 5.27. The van der Waals surface area contributed by atoms with Crippen LogP contribution in [0.25, 0.3) is 0 Å². The van der Waals surface area contributed by atoms with Crippen LogP contribution < -0.4 is 15.4 Å². The minimum absolute atomic E-state index is 0.0355. The van der Waals surface area contributed by atoms with Crippen molar-refractivity contribution in [2.75, 3.05) is 37.5 Å². The number of methoxy groups -OCH3 is 1. The second-order valence-corrected chi connectivity index (χ2v) is 5.65. The van der Waals surface area contributed by atoms with E-state index < -0.39 is 17.6 Å². The fourth-order valence-corrected chi connectivity index (χ4v) is 2.22. The summed E-state index contributed by atoms with van der Waals surface area (Å²) in [5.41, 5.74) is -0.528. The number of benzene rings is 1. The molecule has 2 aromatic rings. The Morgan fingerprint density at radius 3 is 2.67 bits per heavy atom. The van der Waals surface area contributed by atoms with Crippen LogP contribution in [0.1, 0.15) is 5.56 Å². The van der Waals surface area contributed by atoms with Gasteiger partial charge in [-0.3, -0.25) is 4.79 Å². The molecule has 0 atom stereocenters. The molecule has 0 radical (unpaired) electrons. The van der Waals surface area contributed by atoms with E-state index in [0.717, 1.165) is 12.1 Å². The number of hydrogen-bond acceptors (Lipinski definition) is 5. The first-order valence-electron chi connectivity index (χ1n) is 7.78. The highest BCUT2D eigenvalue weighted by atomic mass is 35.5. The van der Waals surface area contributed by atoms with Crippen LogP contribution in [0.5, 0.6) is 5.75 Å². The van der Waals surface area contributed by atoms with Crippen LogP contribution in [0.3, 0.4) is 0 Å². The van der Waals surface area contributed by atoms with Gasteiger partial charge in [-0.25, -0.2) is 4.98 Å². The van der Waals surface area contributed by atoms with E-state index in [1.54, 1.807) is 12.1 Å². The third-order valence-electron chi connectivity index (χ3n) is 3.32. The molecule has 0 fully saturated rings. The number of carbonyl (C=O) groups excluding carboxylic acids is 1. The van der Waals surface area contributed by atoms with Gasteiger partial charge in [-0.1, -0.05) is 11.6 Å². The fraction of sp³-hybridized carbons (Fsp3) is 0.294. The molecule has 0 spiro atoms. The largest absolute Gasteiger partial charge is 0.489 e. The Labute approximate surface area is 158 Å². The Hall–Kier alpha value is -2.52. The van der Waals surface area contributed by atoms with Crippen LogP contribution in [0.15, 0.2) is 36.5 Å². The van der Waals surface area contributed by atoms with E-state index in [4.69, 9.17) is 21.1 Å². The molecule has 1 aromatic carbocycles. The molecular formula is C17H17ClF3N3O3. The second kappa shape index (κ2) is 9.43. The van der Waals surface area contributed by atoms with E-state index in [-0.39, 0.29) is 36.3 Å². The van der Waals surface area contributed by atoms with Crippen LogP contribution in [0.4, 0.5) is 24.5 Å². The van der Waals surface area contributed by atoms with Crippen molar-refractivity contribution in [3.63, 3.8) is 0 Å². The molecule has 10 heteroatoms. The van der Waals surface area contributed by atoms with E-state index in [2.05, 4.69) is 15.6 Å². The van der Waals surface area contributed by atoms with Crippen LogP contribution in [-0.2, 0) is 15.7 Å². The van der Waals surface area contributed by atoms with E-state index in [9.17, 15) is 18.0 Å². The van der Waals surface area contributed by atoms with Gasteiger partial charge in [0, 0.05) is 13.3 Å². The van der Waals surface area contributed by atoms with Crippen molar-refractivity contribution in [2.45, 2.75) is 6.18 Å². The predicted octanol–water partition coefficient (Wildman–Crippen LogP) is 3.83. The van der Waals surface area contributed by atoms with Gasteiger partial charge in [0.15, 0.2) is 5.15 Å². The second-order valence-electron chi connectivity index (χ2n) is 5.29. The number of alkyl halides is 3. The molecule has 0 bridgehead atoms. The van der Waals surface area contributed by atoms with Gasteiger partial charge >= 0.3 is 6.18 Å². The summed E-state index contributed by atoms with van der Waals surface area (Å²) in [7, 11) is 1.48. The van der Waals surface area contributed by atoms with Crippen LogP contribution in [0.2, 0.25) is 5.15 Å². The first kappa shape index (κ1) is 20.8. The number of anilines is 2. The Balaban J connectivity index is 2.09. The highest BCUT2D eigenvalue weighted by Crippen LogP contribution is 2.35. The van der Waals surface area contributed by atoms with Crippen molar-refractivity contribution in [2.24, 2.45) is 0 Å². The zero-order valence-electron chi connectivity index (χ0n) is 14.3. The molecule has 2 N–H and O–H groups in total. The van der Waals surface area contributed by atoms with Crippen molar-refractivity contribution in [1.29, 1.82) is 0 Å². The summed E-state index contributed by atoms with van der Waals surface area (Å²) in [6.07, 6.45) is -3.06. The van der Waals surface area contributed by atoms with Crippen molar-refractivity contribution in [3.05, 3.63) is 47.2 Å². The molecule has 1 heterocycles. The van der Waals surface area contributed by atoms with E-state index >= 15 is 0 Å². The highest BCUT2D eigenvalue weighted by molar-refractivity contribution is 6.32. The van der Waals surface area contributed by atoms with E-state index in [1.165, 1.54) is 19.4 Å². The van der Waals surface area contributed by atoms with Gasteiger partial charge in [0.2, 0.25) is 5.91 Å². The molecule has 0 aliphatic rings. The molecule has 146 valence electrons. The molecule has 1 amide bonds. The molecule has 0 saturated carbocycles. The highest BCUT2D eigenvalue weighted by Gasteiger charge is 2.31. The normalized spacial score (nSPS) is 11.1. The van der Waals surface area contributed by atoms with Gasteiger partial charge in [-0.05, 0) is 30.3 Å². The topological polar surface area (TPSA) is 72.5 Å². The lowest BCUT2D eigenvalue weighted by molar-refractivity contribution is -0.137. The minimum Gasteiger partial charge on any atom is -0.489 e.